The number of piperidine rings is 1. The van der Waals surface area contributed by atoms with E-state index in [1.165, 1.54) is 12.0 Å². The van der Waals surface area contributed by atoms with Crippen molar-refractivity contribution in [2.75, 3.05) is 13.1 Å². The lowest BCUT2D eigenvalue weighted by Crippen LogP contribution is -2.33. The first kappa shape index (κ1) is 10.4. The number of carbonyl (C=O) groups excluding carboxylic acids is 1. The number of benzene rings is 1. The Morgan fingerprint density at radius 3 is 3.07 bits per heavy atom. The molecule has 0 aromatic heterocycles. The van der Waals surface area contributed by atoms with Gasteiger partial charge in [0.25, 0.3) is 0 Å². The van der Waals surface area contributed by atoms with Gasteiger partial charge < -0.3 is 5.32 Å². The van der Waals surface area contributed by atoms with Crippen LogP contribution in [0.2, 0.25) is 0 Å². The molecule has 0 radical (unpaired) electrons. The number of hydrogen-bond donors (Lipinski definition) is 1. The summed E-state index contributed by atoms with van der Waals surface area (Å²) in [7, 11) is 0. The highest BCUT2D eigenvalue weighted by Gasteiger charge is 2.22. The summed E-state index contributed by atoms with van der Waals surface area (Å²) in [4.78, 5) is 10.7. The number of carbonyl (C=O) groups is 1. The molecule has 1 heterocycles. The summed E-state index contributed by atoms with van der Waals surface area (Å²) in [5, 5.41) is 3.39. The largest absolute Gasteiger partial charge is 0.316 e. The van der Waals surface area contributed by atoms with Crippen LogP contribution in [0.25, 0.3) is 0 Å². The molecule has 1 aromatic carbocycles. The fraction of sp³-hybridized carbons (Fsp3) is 0.462. The van der Waals surface area contributed by atoms with E-state index in [-0.39, 0.29) is 0 Å². The van der Waals surface area contributed by atoms with Crippen molar-refractivity contribution in [1.29, 1.82) is 0 Å². The van der Waals surface area contributed by atoms with Gasteiger partial charge in [-0.1, -0.05) is 25.1 Å². The Hall–Kier alpha value is -1.15. The Balaban J connectivity index is 2.23. The van der Waals surface area contributed by atoms with Gasteiger partial charge in [-0.25, -0.2) is 0 Å². The number of aldehydes is 1. The van der Waals surface area contributed by atoms with Gasteiger partial charge in [-0.3, -0.25) is 4.79 Å². The quantitative estimate of drug-likeness (QED) is 0.747. The Morgan fingerprint density at radius 1 is 1.47 bits per heavy atom. The number of rotatable bonds is 2. The third-order valence-corrected chi connectivity index (χ3v) is 3.26. The summed E-state index contributed by atoms with van der Waals surface area (Å²) in [5.74, 6) is 1.26. The van der Waals surface area contributed by atoms with Crippen LogP contribution in [-0.2, 0) is 0 Å². The van der Waals surface area contributed by atoms with Crippen molar-refractivity contribution >= 4 is 6.29 Å². The van der Waals surface area contributed by atoms with Gasteiger partial charge in [0, 0.05) is 5.56 Å². The van der Waals surface area contributed by atoms with Gasteiger partial charge in [-0.15, -0.1) is 0 Å². The molecule has 1 saturated heterocycles. The average molecular weight is 203 g/mol. The van der Waals surface area contributed by atoms with E-state index in [4.69, 9.17) is 0 Å². The van der Waals surface area contributed by atoms with Crippen molar-refractivity contribution in [2.24, 2.45) is 5.92 Å². The summed E-state index contributed by atoms with van der Waals surface area (Å²) >= 11 is 0. The van der Waals surface area contributed by atoms with Crippen LogP contribution in [0.1, 0.15) is 35.2 Å². The SMILES string of the molecule is CC1CNCCC1c1cccc(C=O)c1. The van der Waals surface area contributed by atoms with Gasteiger partial charge in [-0.2, -0.15) is 0 Å². The van der Waals surface area contributed by atoms with Crippen molar-refractivity contribution < 1.29 is 4.79 Å². The van der Waals surface area contributed by atoms with Crippen molar-refractivity contribution in [2.45, 2.75) is 19.3 Å². The van der Waals surface area contributed by atoms with Crippen molar-refractivity contribution in [3.8, 4) is 0 Å². The standard InChI is InChI=1S/C13H17NO/c1-10-8-14-6-5-13(10)12-4-2-3-11(7-12)9-15/h2-4,7,9-10,13-14H,5-6,8H2,1H3. The highest BCUT2D eigenvalue weighted by molar-refractivity contribution is 5.75. The average Bonchev–Trinajstić information content (AvgIpc) is 2.30. The normalized spacial score (nSPS) is 26.2. The van der Waals surface area contributed by atoms with Crippen LogP contribution >= 0.6 is 0 Å². The Labute approximate surface area is 90.7 Å². The van der Waals surface area contributed by atoms with Gasteiger partial charge >= 0.3 is 0 Å². The molecule has 2 nitrogen and oxygen atoms in total. The first-order valence-corrected chi connectivity index (χ1v) is 5.57. The Kier molecular flexibility index (Phi) is 3.17. The highest BCUT2D eigenvalue weighted by Crippen LogP contribution is 2.29. The monoisotopic (exact) mass is 203 g/mol. The molecule has 0 bridgehead atoms. The third kappa shape index (κ3) is 2.26. The molecular weight excluding hydrogens is 186 g/mol. The van der Waals surface area contributed by atoms with E-state index in [9.17, 15) is 4.79 Å². The van der Waals surface area contributed by atoms with Gasteiger partial charge in [0.15, 0.2) is 0 Å². The summed E-state index contributed by atoms with van der Waals surface area (Å²) in [6, 6.07) is 8.01. The van der Waals surface area contributed by atoms with Crippen molar-refractivity contribution in [1.82, 2.24) is 5.32 Å². The van der Waals surface area contributed by atoms with Gasteiger partial charge in [0.05, 0.1) is 0 Å². The van der Waals surface area contributed by atoms with E-state index < -0.39 is 0 Å². The topological polar surface area (TPSA) is 29.1 Å². The minimum atomic E-state index is 0.603. The van der Waals surface area contributed by atoms with Crippen LogP contribution < -0.4 is 5.32 Å². The van der Waals surface area contributed by atoms with Crippen LogP contribution in [0.3, 0.4) is 0 Å². The van der Waals surface area contributed by atoms with E-state index in [0.29, 0.717) is 11.8 Å². The zero-order valence-corrected chi connectivity index (χ0v) is 9.07. The molecule has 2 heteroatoms. The molecule has 15 heavy (non-hydrogen) atoms. The second-order valence-electron chi connectivity index (χ2n) is 4.36. The highest BCUT2D eigenvalue weighted by atomic mass is 16.1. The molecule has 0 aliphatic carbocycles. The molecule has 1 aliphatic rings. The van der Waals surface area contributed by atoms with Gasteiger partial charge in [-0.05, 0) is 43.0 Å². The lowest BCUT2D eigenvalue weighted by Gasteiger charge is -2.30. The maximum Gasteiger partial charge on any atom is 0.150 e. The maximum atomic E-state index is 10.7. The fourth-order valence-corrected chi connectivity index (χ4v) is 2.37. The maximum absolute atomic E-state index is 10.7. The predicted octanol–water partition coefficient (Wildman–Crippen LogP) is 2.21. The molecule has 2 rings (SSSR count). The van der Waals surface area contributed by atoms with E-state index in [0.717, 1.165) is 24.9 Å². The molecule has 1 aromatic rings. The molecule has 0 amide bonds. The van der Waals surface area contributed by atoms with E-state index in [2.05, 4.69) is 18.3 Å². The van der Waals surface area contributed by atoms with Crippen LogP contribution in [0.5, 0.6) is 0 Å². The summed E-state index contributed by atoms with van der Waals surface area (Å²) < 4.78 is 0. The van der Waals surface area contributed by atoms with Crippen molar-refractivity contribution in [3.05, 3.63) is 35.4 Å². The summed E-state index contributed by atoms with van der Waals surface area (Å²) in [5.41, 5.74) is 2.10. The molecule has 0 spiro atoms. The van der Waals surface area contributed by atoms with E-state index >= 15 is 0 Å². The number of nitrogens with one attached hydrogen (secondary N) is 1. The lowest BCUT2D eigenvalue weighted by atomic mass is 9.82. The van der Waals surface area contributed by atoms with Crippen LogP contribution in [0, 0.1) is 5.92 Å². The zero-order valence-electron chi connectivity index (χ0n) is 9.07. The molecule has 2 unspecified atom stereocenters. The molecular formula is C13H17NO. The minimum Gasteiger partial charge on any atom is -0.316 e. The van der Waals surface area contributed by atoms with E-state index in [1.54, 1.807) is 0 Å². The van der Waals surface area contributed by atoms with Crippen molar-refractivity contribution in [3.63, 3.8) is 0 Å². The Morgan fingerprint density at radius 2 is 2.33 bits per heavy atom. The van der Waals surface area contributed by atoms with E-state index in [1.807, 2.05) is 18.2 Å². The van der Waals surface area contributed by atoms with Gasteiger partial charge in [0.2, 0.25) is 0 Å². The molecule has 1 N–H and O–H groups in total. The molecule has 1 aliphatic heterocycles. The number of hydrogen-bond acceptors (Lipinski definition) is 2. The summed E-state index contributed by atoms with van der Waals surface area (Å²) in [6.45, 7) is 4.43. The van der Waals surface area contributed by atoms with Crippen LogP contribution in [0.4, 0.5) is 0 Å². The minimum absolute atomic E-state index is 0.603. The molecule has 0 saturated carbocycles. The first-order valence-electron chi connectivity index (χ1n) is 5.57. The summed E-state index contributed by atoms with van der Waals surface area (Å²) in [6.07, 6.45) is 2.10. The van der Waals surface area contributed by atoms with Crippen LogP contribution in [-0.4, -0.2) is 19.4 Å². The first-order chi connectivity index (χ1) is 7.31. The molecule has 1 fully saturated rings. The lowest BCUT2D eigenvalue weighted by molar-refractivity contribution is 0.112. The van der Waals surface area contributed by atoms with Crippen LogP contribution in [0.15, 0.2) is 24.3 Å². The molecule has 2 atom stereocenters. The predicted molar refractivity (Wildman–Crippen MR) is 61.2 cm³/mol. The second kappa shape index (κ2) is 4.58. The third-order valence-electron chi connectivity index (χ3n) is 3.26. The fourth-order valence-electron chi connectivity index (χ4n) is 2.37. The zero-order chi connectivity index (χ0) is 10.7. The second-order valence-corrected chi connectivity index (χ2v) is 4.36. The smallest absolute Gasteiger partial charge is 0.150 e. The Bertz CT molecular complexity index is 348. The molecule has 80 valence electrons. The van der Waals surface area contributed by atoms with Gasteiger partial charge in [0.1, 0.15) is 6.29 Å².